The SMILES string of the molecule is Cc1ccnc(C2=CC3COCC(C2)N3C(=O)OCC2c3ccccc3-c3ccccc32)n1. The van der Waals surface area contributed by atoms with Gasteiger partial charge in [0.1, 0.15) is 6.61 Å². The molecule has 2 atom stereocenters. The zero-order valence-electron chi connectivity index (χ0n) is 18.5. The van der Waals surface area contributed by atoms with Crippen LogP contribution < -0.4 is 0 Å². The zero-order valence-corrected chi connectivity index (χ0v) is 18.5. The smallest absolute Gasteiger partial charge is 0.410 e. The van der Waals surface area contributed by atoms with E-state index in [-0.39, 0.29) is 24.1 Å². The van der Waals surface area contributed by atoms with Crippen molar-refractivity contribution < 1.29 is 14.3 Å². The van der Waals surface area contributed by atoms with Gasteiger partial charge in [-0.1, -0.05) is 54.6 Å². The highest BCUT2D eigenvalue weighted by Gasteiger charge is 2.40. The summed E-state index contributed by atoms with van der Waals surface area (Å²) in [5.74, 6) is 0.785. The van der Waals surface area contributed by atoms with Gasteiger partial charge in [0.25, 0.3) is 0 Å². The Morgan fingerprint density at radius 3 is 2.48 bits per heavy atom. The number of hydrogen-bond acceptors (Lipinski definition) is 5. The zero-order chi connectivity index (χ0) is 22.4. The molecule has 6 rings (SSSR count). The van der Waals surface area contributed by atoms with E-state index in [0.717, 1.165) is 17.1 Å². The van der Waals surface area contributed by atoms with Crippen LogP contribution >= 0.6 is 0 Å². The highest BCUT2D eigenvalue weighted by Crippen LogP contribution is 2.44. The molecule has 1 saturated heterocycles. The Labute approximate surface area is 192 Å². The van der Waals surface area contributed by atoms with E-state index in [9.17, 15) is 4.79 Å². The van der Waals surface area contributed by atoms with Gasteiger partial charge >= 0.3 is 6.09 Å². The quantitative estimate of drug-likeness (QED) is 0.597. The fraction of sp³-hybridized carbons (Fsp3) is 0.296. The van der Waals surface area contributed by atoms with Crippen molar-refractivity contribution in [1.29, 1.82) is 0 Å². The number of benzene rings is 2. The fourth-order valence-electron chi connectivity index (χ4n) is 5.32. The maximum Gasteiger partial charge on any atom is 0.410 e. The summed E-state index contributed by atoms with van der Waals surface area (Å²) in [4.78, 5) is 24.1. The average Bonchev–Trinajstić information content (AvgIpc) is 3.15. The number of aromatic nitrogens is 2. The molecule has 0 spiro atoms. The molecule has 3 aliphatic rings. The molecule has 33 heavy (non-hydrogen) atoms. The van der Waals surface area contributed by atoms with Gasteiger partial charge in [-0.3, -0.25) is 4.90 Å². The van der Waals surface area contributed by atoms with Crippen molar-refractivity contribution in [2.45, 2.75) is 31.3 Å². The van der Waals surface area contributed by atoms with Gasteiger partial charge in [-0.2, -0.15) is 0 Å². The molecule has 1 amide bonds. The number of morpholine rings is 1. The van der Waals surface area contributed by atoms with Crippen LogP contribution in [0.15, 0.2) is 66.9 Å². The number of hydrogen-bond donors (Lipinski definition) is 0. The van der Waals surface area contributed by atoms with Gasteiger partial charge in [-0.05, 0) is 47.2 Å². The Morgan fingerprint density at radius 2 is 1.79 bits per heavy atom. The Kier molecular flexibility index (Phi) is 4.95. The molecule has 3 heterocycles. The molecule has 166 valence electrons. The van der Waals surface area contributed by atoms with Gasteiger partial charge in [0, 0.05) is 17.8 Å². The Bertz CT molecular complexity index is 1210. The molecule has 1 aromatic heterocycles. The summed E-state index contributed by atoms with van der Waals surface area (Å²) in [6, 6.07) is 18.4. The molecule has 1 aliphatic carbocycles. The minimum Gasteiger partial charge on any atom is -0.448 e. The number of amides is 1. The van der Waals surface area contributed by atoms with Gasteiger partial charge in [-0.25, -0.2) is 14.8 Å². The summed E-state index contributed by atoms with van der Waals surface area (Å²) < 4.78 is 11.7. The van der Waals surface area contributed by atoms with Crippen molar-refractivity contribution in [2.75, 3.05) is 19.8 Å². The third kappa shape index (κ3) is 3.51. The molecule has 0 radical (unpaired) electrons. The minimum absolute atomic E-state index is 0.0500. The summed E-state index contributed by atoms with van der Waals surface area (Å²) in [5.41, 5.74) is 6.88. The standard InChI is InChI=1S/C27H25N3O3/c1-17-10-11-28-26(29-17)18-12-19-14-32-15-20(13-18)30(19)27(31)33-16-25-23-8-4-2-6-21(23)22-7-3-5-9-24(22)25/h2-12,19-20,25H,13-16H2,1H3. The van der Waals surface area contributed by atoms with Gasteiger partial charge < -0.3 is 9.47 Å². The number of rotatable bonds is 3. The number of carbonyl (C=O) groups is 1. The maximum atomic E-state index is 13.3. The summed E-state index contributed by atoms with van der Waals surface area (Å²) in [5, 5.41) is 0. The summed E-state index contributed by atoms with van der Waals surface area (Å²) >= 11 is 0. The second kappa shape index (κ2) is 8.12. The van der Waals surface area contributed by atoms with Crippen LogP contribution in [0.3, 0.4) is 0 Å². The Morgan fingerprint density at radius 1 is 1.06 bits per heavy atom. The lowest BCUT2D eigenvalue weighted by molar-refractivity contribution is -0.0332. The number of fused-ring (bicyclic) bond motifs is 5. The largest absolute Gasteiger partial charge is 0.448 e. The topological polar surface area (TPSA) is 64.5 Å². The van der Waals surface area contributed by atoms with Crippen LogP contribution in [0.2, 0.25) is 0 Å². The first kappa shape index (κ1) is 20.1. The average molecular weight is 440 g/mol. The third-order valence-electron chi connectivity index (χ3n) is 6.83. The highest BCUT2D eigenvalue weighted by atomic mass is 16.6. The minimum atomic E-state index is -0.282. The third-order valence-corrected chi connectivity index (χ3v) is 6.83. The number of carbonyl (C=O) groups excluding carboxylic acids is 1. The lowest BCUT2D eigenvalue weighted by atomic mass is 9.94. The molecule has 6 heteroatoms. The molecule has 3 aromatic rings. The van der Waals surface area contributed by atoms with Crippen molar-refractivity contribution in [2.24, 2.45) is 0 Å². The Hall–Kier alpha value is -3.51. The van der Waals surface area contributed by atoms with Crippen molar-refractivity contribution in [1.82, 2.24) is 14.9 Å². The summed E-state index contributed by atoms with van der Waals surface area (Å²) in [6.07, 6.45) is 4.22. The van der Waals surface area contributed by atoms with Crippen molar-refractivity contribution >= 4 is 11.7 Å². The fourth-order valence-corrected chi connectivity index (χ4v) is 5.32. The first-order chi connectivity index (χ1) is 16.2. The lowest BCUT2D eigenvalue weighted by Gasteiger charge is -2.43. The predicted octanol–water partition coefficient (Wildman–Crippen LogP) is 4.59. The maximum absolute atomic E-state index is 13.3. The molecule has 0 saturated carbocycles. The summed E-state index contributed by atoms with van der Waals surface area (Å²) in [7, 11) is 0. The molecular formula is C27H25N3O3. The molecule has 1 fully saturated rings. The molecule has 2 aromatic carbocycles. The summed E-state index contributed by atoms with van der Waals surface area (Å²) in [6.45, 7) is 3.22. The second-order valence-corrected chi connectivity index (χ2v) is 8.89. The predicted molar refractivity (Wildman–Crippen MR) is 125 cm³/mol. The molecule has 0 N–H and O–H groups in total. The van der Waals surface area contributed by atoms with E-state index < -0.39 is 0 Å². The van der Waals surface area contributed by atoms with Crippen LogP contribution in [-0.4, -0.2) is 52.9 Å². The van der Waals surface area contributed by atoms with Crippen molar-refractivity contribution in [3.8, 4) is 11.1 Å². The monoisotopic (exact) mass is 439 g/mol. The highest BCUT2D eigenvalue weighted by molar-refractivity contribution is 5.79. The molecule has 2 bridgehead atoms. The number of nitrogens with zero attached hydrogens (tertiary/aromatic N) is 3. The van der Waals surface area contributed by atoms with Crippen LogP contribution in [0.4, 0.5) is 4.79 Å². The van der Waals surface area contributed by atoms with Gasteiger partial charge in [0.15, 0.2) is 5.82 Å². The Balaban J connectivity index is 1.22. The van der Waals surface area contributed by atoms with Crippen LogP contribution in [0.5, 0.6) is 0 Å². The van der Waals surface area contributed by atoms with E-state index >= 15 is 0 Å². The first-order valence-electron chi connectivity index (χ1n) is 11.4. The van der Waals surface area contributed by atoms with Crippen LogP contribution in [0.25, 0.3) is 16.7 Å². The molecule has 2 aliphatic heterocycles. The van der Waals surface area contributed by atoms with Crippen LogP contribution in [0.1, 0.15) is 35.0 Å². The van der Waals surface area contributed by atoms with Crippen LogP contribution in [-0.2, 0) is 9.47 Å². The van der Waals surface area contributed by atoms with E-state index in [0.29, 0.717) is 26.2 Å². The van der Waals surface area contributed by atoms with Gasteiger partial charge in [0.2, 0.25) is 0 Å². The van der Waals surface area contributed by atoms with E-state index in [4.69, 9.17) is 9.47 Å². The van der Waals surface area contributed by atoms with Crippen LogP contribution in [0, 0.1) is 6.92 Å². The molecular weight excluding hydrogens is 414 g/mol. The molecule has 2 unspecified atom stereocenters. The van der Waals surface area contributed by atoms with E-state index in [1.807, 2.05) is 30.0 Å². The first-order valence-corrected chi connectivity index (χ1v) is 11.4. The van der Waals surface area contributed by atoms with E-state index in [2.05, 4.69) is 52.4 Å². The van der Waals surface area contributed by atoms with Gasteiger partial charge in [-0.15, -0.1) is 0 Å². The van der Waals surface area contributed by atoms with Crippen molar-refractivity contribution in [3.63, 3.8) is 0 Å². The van der Waals surface area contributed by atoms with E-state index in [1.54, 1.807) is 6.20 Å². The lowest BCUT2D eigenvalue weighted by Crippen LogP contribution is -2.56. The second-order valence-electron chi connectivity index (χ2n) is 8.89. The normalized spacial score (nSPS) is 21.2. The molecule has 6 nitrogen and oxygen atoms in total. The number of ether oxygens (including phenoxy) is 2. The van der Waals surface area contributed by atoms with Gasteiger partial charge in [0.05, 0.1) is 25.3 Å². The van der Waals surface area contributed by atoms with E-state index in [1.165, 1.54) is 22.3 Å². The number of aryl methyl sites for hydroxylation is 1. The van der Waals surface area contributed by atoms with Crippen molar-refractivity contribution in [3.05, 3.63) is 89.5 Å².